The van der Waals surface area contributed by atoms with Crippen LogP contribution in [0.25, 0.3) is 0 Å². The Morgan fingerprint density at radius 3 is 2.83 bits per heavy atom. The molecule has 2 heterocycles. The Kier molecular flexibility index (Phi) is 3.24. The highest BCUT2D eigenvalue weighted by Crippen LogP contribution is 2.30. The lowest BCUT2D eigenvalue weighted by atomic mass is 9.93. The predicted molar refractivity (Wildman–Crippen MR) is 68.0 cm³/mol. The van der Waals surface area contributed by atoms with Gasteiger partial charge >= 0.3 is 0 Å². The van der Waals surface area contributed by atoms with E-state index in [1.807, 2.05) is 0 Å². The molecule has 1 N–H and O–H groups in total. The first-order valence-electron chi connectivity index (χ1n) is 6.05. The molecule has 1 aliphatic heterocycles. The van der Waals surface area contributed by atoms with Crippen molar-refractivity contribution >= 4 is 11.7 Å². The largest absolute Gasteiger partial charge is 0.372 e. The molecule has 1 fully saturated rings. The van der Waals surface area contributed by atoms with Crippen molar-refractivity contribution in [2.45, 2.75) is 20.3 Å². The van der Waals surface area contributed by atoms with E-state index in [1.165, 1.54) is 6.07 Å². The molecule has 18 heavy (non-hydrogen) atoms. The van der Waals surface area contributed by atoms with Crippen LogP contribution in [0.15, 0.2) is 12.3 Å². The van der Waals surface area contributed by atoms with E-state index in [0.29, 0.717) is 24.5 Å². The first-order valence-corrected chi connectivity index (χ1v) is 6.05. The molecule has 4 nitrogen and oxygen atoms in total. The van der Waals surface area contributed by atoms with Crippen LogP contribution in [-0.2, 0) is 0 Å². The summed E-state index contributed by atoms with van der Waals surface area (Å²) in [6.45, 7) is 5.67. The average molecular weight is 251 g/mol. The molecule has 1 amide bonds. The minimum absolute atomic E-state index is 0.135. The summed E-state index contributed by atoms with van der Waals surface area (Å²) in [6.07, 6.45) is 2.08. The van der Waals surface area contributed by atoms with Crippen LogP contribution in [0.5, 0.6) is 0 Å². The van der Waals surface area contributed by atoms with Gasteiger partial charge in [-0.25, -0.2) is 9.37 Å². The van der Waals surface area contributed by atoms with E-state index >= 15 is 0 Å². The van der Waals surface area contributed by atoms with Gasteiger partial charge in [-0.2, -0.15) is 0 Å². The van der Waals surface area contributed by atoms with Gasteiger partial charge in [0.2, 0.25) is 0 Å². The second-order valence-electron chi connectivity index (χ2n) is 5.44. The normalized spacial score (nSPS) is 17.9. The van der Waals surface area contributed by atoms with Gasteiger partial charge in [0.1, 0.15) is 11.6 Å². The monoisotopic (exact) mass is 251 g/mol. The Bertz CT molecular complexity index is 473. The molecule has 1 aromatic rings. The molecule has 1 aliphatic rings. The highest BCUT2D eigenvalue weighted by atomic mass is 19.1. The SMILES string of the molecule is CNc1ncc(F)cc1C(=O)N1CCC(C)(C)C1. The minimum Gasteiger partial charge on any atom is -0.372 e. The van der Waals surface area contributed by atoms with E-state index in [1.54, 1.807) is 11.9 Å². The summed E-state index contributed by atoms with van der Waals surface area (Å²) >= 11 is 0. The number of rotatable bonds is 2. The summed E-state index contributed by atoms with van der Waals surface area (Å²) in [5, 5.41) is 2.82. The van der Waals surface area contributed by atoms with Crippen molar-refractivity contribution in [3.8, 4) is 0 Å². The van der Waals surface area contributed by atoms with Crippen molar-refractivity contribution in [1.82, 2.24) is 9.88 Å². The van der Waals surface area contributed by atoms with Gasteiger partial charge in [0, 0.05) is 20.1 Å². The van der Waals surface area contributed by atoms with Gasteiger partial charge in [-0.3, -0.25) is 4.79 Å². The maximum Gasteiger partial charge on any atom is 0.257 e. The highest BCUT2D eigenvalue weighted by molar-refractivity contribution is 5.98. The van der Waals surface area contributed by atoms with Gasteiger partial charge in [0.15, 0.2) is 0 Å². The first kappa shape index (κ1) is 12.8. The molecule has 0 unspecified atom stereocenters. The number of carbonyl (C=O) groups excluding carboxylic acids is 1. The van der Waals surface area contributed by atoms with Crippen molar-refractivity contribution < 1.29 is 9.18 Å². The second kappa shape index (κ2) is 4.55. The summed E-state index contributed by atoms with van der Waals surface area (Å²) in [5.74, 6) is -0.223. The number of carbonyl (C=O) groups is 1. The van der Waals surface area contributed by atoms with Crippen LogP contribution in [0.2, 0.25) is 0 Å². The summed E-state index contributed by atoms with van der Waals surface area (Å²) < 4.78 is 13.2. The molecule has 0 aliphatic carbocycles. The van der Waals surface area contributed by atoms with Crippen LogP contribution >= 0.6 is 0 Å². The molecule has 0 aromatic carbocycles. The Labute approximate surface area is 106 Å². The number of anilines is 1. The zero-order valence-corrected chi connectivity index (χ0v) is 11.0. The summed E-state index contributed by atoms with van der Waals surface area (Å²) in [7, 11) is 1.67. The fourth-order valence-electron chi connectivity index (χ4n) is 2.26. The molecular weight excluding hydrogens is 233 g/mol. The molecule has 0 saturated carbocycles. The lowest BCUT2D eigenvalue weighted by molar-refractivity contribution is 0.0778. The van der Waals surface area contributed by atoms with Crippen LogP contribution in [0.1, 0.15) is 30.6 Å². The number of aromatic nitrogens is 1. The van der Waals surface area contributed by atoms with Crippen molar-refractivity contribution in [3.63, 3.8) is 0 Å². The average Bonchev–Trinajstić information content (AvgIpc) is 2.68. The first-order chi connectivity index (χ1) is 8.43. The van der Waals surface area contributed by atoms with Crippen molar-refractivity contribution in [2.24, 2.45) is 5.41 Å². The van der Waals surface area contributed by atoms with Crippen molar-refractivity contribution in [2.75, 3.05) is 25.5 Å². The quantitative estimate of drug-likeness (QED) is 0.875. The predicted octanol–water partition coefficient (Wildman–Crippen LogP) is 2.13. The van der Waals surface area contributed by atoms with E-state index in [-0.39, 0.29) is 11.3 Å². The number of hydrogen-bond acceptors (Lipinski definition) is 3. The van der Waals surface area contributed by atoms with E-state index < -0.39 is 5.82 Å². The van der Waals surface area contributed by atoms with Gasteiger partial charge in [0.05, 0.1) is 11.8 Å². The Morgan fingerprint density at radius 1 is 1.56 bits per heavy atom. The van der Waals surface area contributed by atoms with Crippen LogP contribution in [0.3, 0.4) is 0 Å². The van der Waals surface area contributed by atoms with Gasteiger partial charge in [0.25, 0.3) is 5.91 Å². The fraction of sp³-hybridized carbons (Fsp3) is 0.538. The van der Waals surface area contributed by atoms with E-state index in [2.05, 4.69) is 24.1 Å². The van der Waals surface area contributed by atoms with Gasteiger partial charge in [-0.15, -0.1) is 0 Å². The topological polar surface area (TPSA) is 45.2 Å². The molecule has 2 rings (SSSR count). The number of halogens is 1. The molecule has 1 saturated heterocycles. The standard InChI is InChI=1S/C13H18FN3O/c1-13(2)4-5-17(8-13)12(18)10-6-9(14)7-16-11(10)15-3/h6-7H,4-5,8H2,1-3H3,(H,15,16). The number of pyridine rings is 1. The zero-order valence-electron chi connectivity index (χ0n) is 11.0. The van der Waals surface area contributed by atoms with Crippen LogP contribution in [0, 0.1) is 11.2 Å². The maximum atomic E-state index is 13.2. The van der Waals surface area contributed by atoms with E-state index in [0.717, 1.165) is 12.6 Å². The lowest BCUT2D eigenvalue weighted by Crippen LogP contribution is -2.31. The summed E-state index contributed by atoms with van der Waals surface area (Å²) in [5.41, 5.74) is 0.436. The number of nitrogens with zero attached hydrogens (tertiary/aromatic N) is 2. The summed E-state index contributed by atoms with van der Waals surface area (Å²) in [4.78, 5) is 18.0. The summed E-state index contributed by atoms with van der Waals surface area (Å²) in [6, 6.07) is 1.24. The van der Waals surface area contributed by atoms with Gasteiger partial charge in [-0.05, 0) is 17.9 Å². The number of amides is 1. The molecule has 0 radical (unpaired) electrons. The van der Waals surface area contributed by atoms with E-state index in [9.17, 15) is 9.18 Å². The molecule has 1 aromatic heterocycles. The molecular formula is C13H18FN3O. The number of hydrogen-bond donors (Lipinski definition) is 1. The smallest absolute Gasteiger partial charge is 0.257 e. The van der Waals surface area contributed by atoms with Crippen LogP contribution < -0.4 is 5.32 Å². The minimum atomic E-state index is -0.490. The van der Waals surface area contributed by atoms with E-state index in [4.69, 9.17) is 0 Å². The Hall–Kier alpha value is -1.65. The third kappa shape index (κ3) is 2.44. The number of nitrogens with one attached hydrogen (secondary N) is 1. The molecule has 5 heteroatoms. The highest BCUT2D eigenvalue weighted by Gasteiger charge is 2.33. The van der Waals surface area contributed by atoms with Gasteiger partial charge < -0.3 is 10.2 Å². The molecule has 0 atom stereocenters. The van der Waals surface area contributed by atoms with Crippen molar-refractivity contribution in [1.29, 1.82) is 0 Å². The molecule has 0 bridgehead atoms. The molecule has 0 spiro atoms. The maximum absolute atomic E-state index is 13.2. The zero-order chi connectivity index (χ0) is 13.3. The third-order valence-electron chi connectivity index (χ3n) is 3.29. The van der Waals surface area contributed by atoms with Crippen LogP contribution in [-0.4, -0.2) is 35.9 Å². The van der Waals surface area contributed by atoms with Crippen molar-refractivity contribution in [3.05, 3.63) is 23.6 Å². The fourth-order valence-corrected chi connectivity index (χ4v) is 2.26. The second-order valence-corrected chi connectivity index (χ2v) is 5.44. The molecule has 98 valence electrons. The Morgan fingerprint density at radius 2 is 2.28 bits per heavy atom. The van der Waals surface area contributed by atoms with Gasteiger partial charge in [-0.1, -0.05) is 13.8 Å². The third-order valence-corrected chi connectivity index (χ3v) is 3.29. The van der Waals surface area contributed by atoms with Crippen LogP contribution in [0.4, 0.5) is 10.2 Å². The lowest BCUT2D eigenvalue weighted by Gasteiger charge is -2.20. The Balaban J connectivity index is 2.26. The number of likely N-dealkylation sites (tertiary alicyclic amines) is 1.